The average molecular weight is 272 g/mol. The van der Waals surface area contributed by atoms with Crippen LogP contribution in [0.4, 0.5) is 5.82 Å². The molecule has 108 valence electrons. The van der Waals surface area contributed by atoms with E-state index in [4.69, 9.17) is 11.1 Å². The maximum atomic E-state index is 7.87. The Kier molecular flexibility index (Phi) is 3.64. The number of hydrogen-bond acceptors (Lipinski definition) is 3. The van der Waals surface area contributed by atoms with Crippen molar-refractivity contribution in [2.75, 3.05) is 11.4 Å². The lowest BCUT2D eigenvalue weighted by molar-refractivity contribution is 0.429. The van der Waals surface area contributed by atoms with Gasteiger partial charge in [0.2, 0.25) is 0 Å². The molecule has 0 radical (unpaired) electrons. The van der Waals surface area contributed by atoms with Crippen molar-refractivity contribution in [1.29, 1.82) is 5.41 Å². The number of aryl methyl sites for hydroxylation is 1. The molecule has 2 aliphatic rings. The zero-order chi connectivity index (χ0) is 14.1. The van der Waals surface area contributed by atoms with Gasteiger partial charge in [0.05, 0.1) is 5.56 Å². The number of nitrogens with two attached hydrogens (primary N) is 1. The van der Waals surface area contributed by atoms with E-state index in [9.17, 15) is 0 Å². The van der Waals surface area contributed by atoms with Crippen LogP contribution in [0.1, 0.15) is 49.7 Å². The van der Waals surface area contributed by atoms with E-state index >= 15 is 0 Å². The SMILES string of the molecule is Cc1ccnc(N2CCCC2C2CCCC2)c1C(=N)N. The molecule has 20 heavy (non-hydrogen) atoms. The number of pyridine rings is 1. The van der Waals surface area contributed by atoms with Gasteiger partial charge in [0.25, 0.3) is 0 Å². The molecule has 0 bridgehead atoms. The van der Waals surface area contributed by atoms with Crippen LogP contribution in [-0.4, -0.2) is 23.4 Å². The number of aromatic nitrogens is 1. The summed E-state index contributed by atoms with van der Waals surface area (Å²) in [6, 6.07) is 2.55. The number of amidine groups is 1. The molecule has 2 fully saturated rings. The second-order valence-corrected chi connectivity index (χ2v) is 6.19. The van der Waals surface area contributed by atoms with Gasteiger partial charge in [-0.3, -0.25) is 5.41 Å². The van der Waals surface area contributed by atoms with E-state index in [-0.39, 0.29) is 5.84 Å². The van der Waals surface area contributed by atoms with Crippen LogP contribution in [0.25, 0.3) is 0 Å². The number of anilines is 1. The first-order valence-corrected chi connectivity index (χ1v) is 7.75. The van der Waals surface area contributed by atoms with Crippen LogP contribution in [0.3, 0.4) is 0 Å². The van der Waals surface area contributed by atoms with Crippen molar-refractivity contribution in [3.8, 4) is 0 Å². The largest absolute Gasteiger partial charge is 0.384 e. The first-order valence-electron chi connectivity index (χ1n) is 7.75. The molecule has 1 unspecified atom stereocenters. The molecule has 1 saturated heterocycles. The van der Waals surface area contributed by atoms with Crippen molar-refractivity contribution in [2.24, 2.45) is 11.7 Å². The summed E-state index contributed by atoms with van der Waals surface area (Å²) >= 11 is 0. The molecule has 3 N–H and O–H groups in total. The summed E-state index contributed by atoms with van der Waals surface area (Å²) in [4.78, 5) is 7.00. The number of nitrogen functional groups attached to an aromatic ring is 1. The van der Waals surface area contributed by atoms with Gasteiger partial charge in [-0.25, -0.2) is 4.98 Å². The van der Waals surface area contributed by atoms with E-state index in [0.717, 1.165) is 29.4 Å². The fourth-order valence-electron chi connectivity index (χ4n) is 3.98. The van der Waals surface area contributed by atoms with E-state index in [0.29, 0.717) is 6.04 Å². The second kappa shape index (κ2) is 5.43. The Labute approximate surface area is 120 Å². The molecular formula is C16H24N4. The van der Waals surface area contributed by atoms with E-state index in [1.807, 2.05) is 19.2 Å². The molecule has 1 aromatic rings. The first-order chi connectivity index (χ1) is 9.68. The van der Waals surface area contributed by atoms with Crippen LogP contribution >= 0.6 is 0 Å². The third-order valence-corrected chi connectivity index (χ3v) is 4.92. The Bertz CT molecular complexity index is 505. The number of nitrogens with one attached hydrogen (secondary N) is 1. The number of nitrogens with zero attached hydrogens (tertiary/aromatic N) is 2. The fourth-order valence-corrected chi connectivity index (χ4v) is 3.98. The Balaban J connectivity index is 1.95. The van der Waals surface area contributed by atoms with Crippen molar-refractivity contribution in [3.05, 3.63) is 23.4 Å². The maximum Gasteiger partial charge on any atom is 0.140 e. The number of hydrogen-bond donors (Lipinski definition) is 2. The summed E-state index contributed by atoms with van der Waals surface area (Å²) in [5.41, 5.74) is 7.68. The molecule has 2 heterocycles. The van der Waals surface area contributed by atoms with E-state index in [2.05, 4.69) is 9.88 Å². The minimum atomic E-state index is 0.141. The Morgan fingerprint density at radius 3 is 2.75 bits per heavy atom. The molecule has 1 aliphatic heterocycles. The Hall–Kier alpha value is -1.58. The highest BCUT2D eigenvalue weighted by Gasteiger charge is 2.35. The summed E-state index contributed by atoms with van der Waals surface area (Å²) in [5.74, 6) is 1.88. The first kappa shape index (κ1) is 13.4. The lowest BCUT2D eigenvalue weighted by Crippen LogP contribution is -2.37. The van der Waals surface area contributed by atoms with Crippen LogP contribution < -0.4 is 10.6 Å². The molecule has 1 saturated carbocycles. The average Bonchev–Trinajstić information content (AvgIpc) is 3.08. The monoisotopic (exact) mass is 272 g/mol. The van der Waals surface area contributed by atoms with Crippen molar-refractivity contribution in [1.82, 2.24) is 4.98 Å². The van der Waals surface area contributed by atoms with Crippen molar-refractivity contribution in [3.63, 3.8) is 0 Å². The smallest absolute Gasteiger partial charge is 0.140 e. The molecule has 0 spiro atoms. The standard InChI is InChI=1S/C16H24N4/c1-11-8-9-19-16(14(11)15(17)18)20-10-4-7-13(20)12-5-2-3-6-12/h8-9,12-13H,2-7,10H2,1H3,(H3,17,18). The minimum absolute atomic E-state index is 0.141. The summed E-state index contributed by atoms with van der Waals surface area (Å²) in [7, 11) is 0. The molecule has 4 heteroatoms. The van der Waals surface area contributed by atoms with Crippen molar-refractivity contribution in [2.45, 2.75) is 51.5 Å². The van der Waals surface area contributed by atoms with Gasteiger partial charge in [-0.05, 0) is 50.2 Å². The quantitative estimate of drug-likeness (QED) is 0.657. The highest BCUT2D eigenvalue weighted by molar-refractivity contribution is 6.01. The van der Waals surface area contributed by atoms with Crippen LogP contribution in [0.2, 0.25) is 0 Å². The second-order valence-electron chi connectivity index (χ2n) is 6.19. The zero-order valence-electron chi connectivity index (χ0n) is 12.2. The van der Waals surface area contributed by atoms with Gasteiger partial charge in [0, 0.05) is 18.8 Å². The molecule has 0 aromatic carbocycles. The van der Waals surface area contributed by atoms with Crippen LogP contribution in [0.15, 0.2) is 12.3 Å². The highest BCUT2D eigenvalue weighted by atomic mass is 15.2. The molecule has 1 aliphatic carbocycles. The van der Waals surface area contributed by atoms with Crippen molar-refractivity contribution < 1.29 is 0 Å². The molecule has 0 amide bonds. The summed E-state index contributed by atoms with van der Waals surface area (Å²) < 4.78 is 0. The third kappa shape index (κ3) is 2.28. The van der Waals surface area contributed by atoms with E-state index < -0.39 is 0 Å². The lowest BCUT2D eigenvalue weighted by Gasteiger charge is -2.32. The van der Waals surface area contributed by atoms with Crippen LogP contribution in [0.5, 0.6) is 0 Å². The number of rotatable bonds is 3. The van der Waals surface area contributed by atoms with Gasteiger partial charge >= 0.3 is 0 Å². The Morgan fingerprint density at radius 2 is 2.05 bits per heavy atom. The predicted octanol–water partition coefficient (Wildman–Crippen LogP) is 2.83. The van der Waals surface area contributed by atoms with Gasteiger partial charge < -0.3 is 10.6 Å². The fraction of sp³-hybridized carbons (Fsp3) is 0.625. The highest BCUT2D eigenvalue weighted by Crippen LogP contribution is 2.38. The van der Waals surface area contributed by atoms with Crippen LogP contribution in [-0.2, 0) is 0 Å². The van der Waals surface area contributed by atoms with Gasteiger partial charge in [-0.1, -0.05) is 12.8 Å². The van der Waals surface area contributed by atoms with Gasteiger partial charge in [0.1, 0.15) is 11.7 Å². The lowest BCUT2D eigenvalue weighted by atomic mass is 9.95. The molecule has 4 nitrogen and oxygen atoms in total. The maximum absolute atomic E-state index is 7.87. The van der Waals surface area contributed by atoms with E-state index in [1.54, 1.807) is 0 Å². The summed E-state index contributed by atoms with van der Waals surface area (Å²) in [6.07, 6.45) is 9.78. The molecule has 3 rings (SSSR count). The summed E-state index contributed by atoms with van der Waals surface area (Å²) in [6.45, 7) is 3.07. The third-order valence-electron chi connectivity index (χ3n) is 4.92. The molecule has 1 atom stereocenters. The van der Waals surface area contributed by atoms with Crippen molar-refractivity contribution >= 4 is 11.7 Å². The van der Waals surface area contributed by atoms with Gasteiger partial charge in [-0.15, -0.1) is 0 Å². The molecule has 1 aromatic heterocycles. The zero-order valence-corrected chi connectivity index (χ0v) is 12.2. The van der Waals surface area contributed by atoms with Gasteiger partial charge in [0.15, 0.2) is 0 Å². The molecular weight excluding hydrogens is 248 g/mol. The topological polar surface area (TPSA) is 66.0 Å². The Morgan fingerprint density at radius 1 is 1.30 bits per heavy atom. The predicted molar refractivity (Wildman–Crippen MR) is 82.3 cm³/mol. The minimum Gasteiger partial charge on any atom is -0.384 e. The van der Waals surface area contributed by atoms with Crippen LogP contribution in [0, 0.1) is 18.3 Å². The van der Waals surface area contributed by atoms with E-state index in [1.165, 1.54) is 38.5 Å². The van der Waals surface area contributed by atoms with Gasteiger partial charge in [-0.2, -0.15) is 0 Å². The normalized spacial score (nSPS) is 23.4. The summed E-state index contributed by atoms with van der Waals surface area (Å²) in [5, 5.41) is 7.87.